The topological polar surface area (TPSA) is 80.1 Å². The fourth-order valence-corrected chi connectivity index (χ4v) is 4.90. The van der Waals surface area contributed by atoms with E-state index in [0.717, 1.165) is 38.1 Å². The first-order valence-corrected chi connectivity index (χ1v) is 11.2. The molecule has 1 aromatic carbocycles. The first-order valence-electron chi connectivity index (χ1n) is 11.2. The fourth-order valence-electron chi connectivity index (χ4n) is 4.90. The summed E-state index contributed by atoms with van der Waals surface area (Å²) in [4.78, 5) is 27.3. The highest BCUT2D eigenvalue weighted by molar-refractivity contribution is 5.90. The summed E-state index contributed by atoms with van der Waals surface area (Å²) in [6, 6.07) is 6.25. The van der Waals surface area contributed by atoms with E-state index in [1.54, 1.807) is 12.1 Å². The van der Waals surface area contributed by atoms with Gasteiger partial charge in [-0.25, -0.2) is 4.39 Å². The van der Waals surface area contributed by atoms with E-state index in [-0.39, 0.29) is 29.5 Å². The summed E-state index contributed by atoms with van der Waals surface area (Å²) in [5, 5.41) is 11.4. The third-order valence-corrected chi connectivity index (χ3v) is 7.06. The van der Waals surface area contributed by atoms with Crippen molar-refractivity contribution in [1.82, 2.24) is 25.0 Å². The van der Waals surface area contributed by atoms with Crippen molar-refractivity contribution in [2.45, 2.75) is 51.5 Å². The summed E-state index contributed by atoms with van der Waals surface area (Å²) < 4.78 is 15.4. The molecule has 2 aliphatic heterocycles. The van der Waals surface area contributed by atoms with Crippen molar-refractivity contribution >= 4 is 11.8 Å². The molecule has 1 atom stereocenters. The number of carbonyl (C=O) groups excluding carboxylic acids is 2. The number of amides is 2. The van der Waals surface area contributed by atoms with E-state index in [1.807, 2.05) is 9.47 Å². The molecule has 5 rings (SSSR count). The van der Waals surface area contributed by atoms with Crippen LogP contribution in [0.2, 0.25) is 0 Å². The molecule has 1 spiro atoms. The Kier molecular flexibility index (Phi) is 5.24. The maximum atomic E-state index is 13.4. The van der Waals surface area contributed by atoms with Gasteiger partial charge in [0, 0.05) is 32.6 Å². The highest BCUT2D eigenvalue weighted by atomic mass is 19.1. The Bertz CT molecular complexity index is 1000. The Balaban J connectivity index is 1.22. The van der Waals surface area contributed by atoms with Gasteiger partial charge in [0.05, 0.1) is 6.42 Å². The first kappa shape index (κ1) is 20.2. The minimum Gasteiger partial charge on any atom is -0.349 e. The molecule has 2 aromatic rings. The van der Waals surface area contributed by atoms with Crippen molar-refractivity contribution in [3.05, 3.63) is 47.3 Å². The Hall–Kier alpha value is -2.77. The van der Waals surface area contributed by atoms with Crippen molar-refractivity contribution < 1.29 is 14.0 Å². The van der Waals surface area contributed by atoms with Crippen molar-refractivity contribution in [3.8, 4) is 0 Å². The lowest BCUT2D eigenvalue weighted by atomic mass is 9.80. The lowest BCUT2D eigenvalue weighted by Crippen LogP contribution is -2.33. The van der Waals surface area contributed by atoms with Crippen LogP contribution in [-0.4, -0.2) is 51.1 Å². The third-order valence-electron chi connectivity index (χ3n) is 7.06. The summed E-state index contributed by atoms with van der Waals surface area (Å²) in [7, 11) is 0. The molecule has 0 bridgehead atoms. The molecule has 1 saturated carbocycles. The predicted octanol–water partition coefficient (Wildman–Crippen LogP) is 2.35. The normalized spacial score (nSPS) is 22.9. The molecular weight excluding hydrogens is 397 g/mol. The Morgan fingerprint density at radius 2 is 2.00 bits per heavy atom. The number of halogens is 1. The maximum Gasteiger partial charge on any atom is 0.289 e. The van der Waals surface area contributed by atoms with E-state index in [4.69, 9.17) is 0 Å². The molecule has 7 nitrogen and oxygen atoms in total. The third kappa shape index (κ3) is 4.34. The van der Waals surface area contributed by atoms with Crippen LogP contribution in [0.25, 0.3) is 0 Å². The highest BCUT2D eigenvalue weighted by Gasteiger charge is 2.41. The van der Waals surface area contributed by atoms with E-state index in [2.05, 4.69) is 15.5 Å². The van der Waals surface area contributed by atoms with Gasteiger partial charge in [-0.1, -0.05) is 12.1 Å². The second kappa shape index (κ2) is 8.05. The minimum atomic E-state index is -0.313. The zero-order chi connectivity index (χ0) is 21.4. The number of nitrogens with zero attached hydrogens (tertiary/aromatic N) is 4. The van der Waals surface area contributed by atoms with Crippen molar-refractivity contribution in [2.75, 3.05) is 19.6 Å². The van der Waals surface area contributed by atoms with Crippen LogP contribution >= 0.6 is 0 Å². The van der Waals surface area contributed by atoms with Gasteiger partial charge < -0.3 is 14.8 Å². The van der Waals surface area contributed by atoms with E-state index in [1.165, 1.54) is 25.0 Å². The molecule has 1 aromatic heterocycles. The first-order chi connectivity index (χ1) is 15.0. The number of likely N-dealkylation sites (tertiary alicyclic amines) is 1. The van der Waals surface area contributed by atoms with Gasteiger partial charge in [-0.15, -0.1) is 10.2 Å². The zero-order valence-corrected chi connectivity index (χ0v) is 17.6. The molecule has 3 heterocycles. The molecule has 0 unspecified atom stereocenters. The highest BCUT2D eigenvalue weighted by Crippen LogP contribution is 2.41. The minimum absolute atomic E-state index is 0.0417. The number of aromatic nitrogens is 3. The standard InChI is InChI=1S/C23H28FN5O2/c24-18-3-1-2-17(12-18)13-20(30)28-10-8-23(15-28)7-6-19-26-27-21(29(19)11-9-23)22(31)25-14-16-4-5-16/h1-3,12,16H,4-11,13-15H2,(H,25,31)/t23-/m1/s1. The smallest absolute Gasteiger partial charge is 0.289 e. The molecule has 164 valence electrons. The zero-order valence-electron chi connectivity index (χ0n) is 17.6. The fraction of sp³-hybridized carbons (Fsp3) is 0.565. The molecule has 8 heteroatoms. The second-order valence-corrected chi connectivity index (χ2v) is 9.37. The van der Waals surface area contributed by atoms with Crippen molar-refractivity contribution in [2.24, 2.45) is 11.3 Å². The van der Waals surface area contributed by atoms with Crippen LogP contribution < -0.4 is 5.32 Å². The van der Waals surface area contributed by atoms with E-state index in [0.29, 0.717) is 36.9 Å². The van der Waals surface area contributed by atoms with Crippen LogP contribution in [0, 0.1) is 17.2 Å². The van der Waals surface area contributed by atoms with Gasteiger partial charge in [-0.3, -0.25) is 9.59 Å². The molecule has 1 aliphatic carbocycles. The average Bonchev–Trinajstić information content (AvgIpc) is 3.39. The predicted molar refractivity (Wildman–Crippen MR) is 112 cm³/mol. The van der Waals surface area contributed by atoms with Crippen LogP contribution in [0.15, 0.2) is 24.3 Å². The van der Waals surface area contributed by atoms with Gasteiger partial charge in [0.2, 0.25) is 11.7 Å². The molecule has 3 aliphatic rings. The van der Waals surface area contributed by atoms with Gasteiger partial charge in [0.1, 0.15) is 11.6 Å². The largest absolute Gasteiger partial charge is 0.349 e. The van der Waals surface area contributed by atoms with Crippen LogP contribution in [-0.2, 0) is 24.2 Å². The second-order valence-electron chi connectivity index (χ2n) is 9.37. The van der Waals surface area contributed by atoms with Crippen LogP contribution in [0.3, 0.4) is 0 Å². The number of carbonyl (C=O) groups is 2. The van der Waals surface area contributed by atoms with E-state index >= 15 is 0 Å². The summed E-state index contributed by atoms with van der Waals surface area (Å²) in [5.74, 6) is 1.48. The Labute approximate surface area is 181 Å². The molecule has 2 amide bonds. The lowest BCUT2D eigenvalue weighted by molar-refractivity contribution is -0.129. The van der Waals surface area contributed by atoms with Crippen molar-refractivity contribution in [1.29, 1.82) is 0 Å². The van der Waals surface area contributed by atoms with Crippen molar-refractivity contribution in [3.63, 3.8) is 0 Å². The Morgan fingerprint density at radius 1 is 1.16 bits per heavy atom. The quantitative estimate of drug-likeness (QED) is 0.798. The van der Waals surface area contributed by atoms with Gasteiger partial charge in [-0.2, -0.15) is 0 Å². The lowest BCUT2D eigenvalue weighted by Gasteiger charge is -2.27. The SMILES string of the molecule is O=C(NCC1CC1)c1nnc2n1CC[C@@]1(CC2)CCN(C(=O)Cc2cccc(F)c2)C1. The molecule has 1 saturated heterocycles. The van der Waals surface area contributed by atoms with Gasteiger partial charge >= 0.3 is 0 Å². The van der Waals surface area contributed by atoms with Gasteiger partial charge in [-0.05, 0) is 61.1 Å². The van der Waals surface area contributed by atoms with Gasteiger partial charge in [0.25, 0.3) is 5.91 Å². The monoisotopic (exact) mass is 425 g/mol. The number of aryl methyl sites for hydroxylation is 1. The molecule has 31 heavy (non-hydrogen) atoms. The maximum absolute atomic E-state index is 13.4. The number of benzene rings is 1. The molecule has 1 N–H and O–H groups in total. The molecule has 2 fully saturated rings. The molecule has 0 radical (unpaired) electrons. The number of fused-ring (bicyclic) bond motifs is 1. The van der Waals surface area contributed by atoms with E-state index in [9.17, 15) is 14.0 Å². The summed E-state index contributed by atoms with van der Waals surface area (Å²) in [6.45, 7) is 2.85. The van der Waals surface area contributed by atoms with Gasteiger partial charge in [0.15, 0.2) is 0 Å². The number of hydrogen-bond acceptors (Lipinski definition) is 4. The number of nitrogens with one attached hydrogen (secondary N) is 1. The van der Waals surface area contributed by atoms with Crippen LogP contribution in [0.4, 0.5) is 4.39 Å². The van der Waals surface area contributed by atoms with E-state index < -0.39 is 0 Å². The molecular formula is C23H28FN5O2. The summed E-state index contributed by atoms with van der Waals surface area (Å²) in [5.41, 5.74) is 0.750. The summed E-state index contributed by atoms with van der Waals surface area (Å²) >= 11 is 0. The summed E-state index contributed by atoms with van der Waals surface area (Å²) in [6.07, 6.45) is 6.14. The van der Waals surface area contributed by atoms with Crippen LogP contribution in [0.5, 0.6) is 0 Å². The van der Waals surface area contributed by atoms with Crippen LogP contribution in [0.1, 0.15) is 54.1 Å². The number of rotatable bonds is 5. The Morgan fingerprint density at radius 3 is 2.81 bits per heavy atom. The average molecular weight is 426 g/mol. The number of hydrogen-bond donors (Lipinski definition) is 1.